The Hall–Kier alpha value is -3.36. The van der Waals surface area contributed by atoms with E-state index in [4.69, 9.17) is 14.5 Å². The first-order valence-electron chi connectivity index (χ1n) is 12.5. The van der Waals surface area contributed by atoms with E-state index >= 15 is 0 Å². The number of fused-ring (bicyclic) bond motifs is 1. The van der Waals surface area contributed by atoms with Crippen molar-refractivity contribution < 1.29 is 19.1 Å². The minimum absolute atomic E-state index is 0.0512. The summed E-state index contributed by atoms with van der Waals surface area (Å²) in [7, 11) is 0. The number of carbonyl (C=O) groups is 2. The van der Waals surface area contributed by atoms with Gasteiger partial charge in [0.15, 0.2) is 5.17 Å². The molecule has 3 aliphatic heterocycles. The number of hydrogen-bond acceptors (Lipinski definition) is 7. The number of benzene rings is 2. The van der Waals surface area contributed by atoms with E-state index in [1.807, 2.05) is 52.5 Å². The highest BCUT2D eigenvalue weighted by Crippen LogP contribution is 2.45. The number of amidine groups is 1. The minimum atomic E-state index is -0.435. The summed E-state index contributed by atoms with van der Waals surface area (Å²) in [4.78, 5) is 35.5. The summed E-state index contributed by atoms with van der Waals surface area (Å²) in [5.41, 5.74) is 6.11. The van der Waals surface area contributed by atoms with Crippen LogP contribution in [0.15, 0.2) is 75.9 Å². The normalized spacial score (nSPS) is 19.4. The second-order valence-corrected chi connectivity index (χ2v) is 10.3. The number of carbonyl (C=O) groups excluding carboxylic acids is 2. The molecule has 0 unspecified atom stereocenters. The predicted molar refractivity (Wildman–Crippen MR) is 145 cm³/mol. The average molecular weight is 518 g/mol. The number of hydrogen-bond donors (Lipinski definition) is 0. The van der Waals surface area contributed by atoms with Crippen molar-refractivity contribution in [1.29, 1.82) is 0 Å². The van der Waals surface area contributed by atoms with Gasteiger partial charge in [-0.05, 0) is 42.9 Å². The van der Waals surface area contributed by atoms with E-state index in [0.29, 0.717) is 37.6 Å². The van der Waals surface area contributed by atoms with Gasteiger partial charge in [0.2, 0.25) is 5.91 Å². The van der Waals surface area contributed by atoms with Crippen LogP contribution >= 0.6 is 11.8 Å². The Balaban J connectivity index is 1.48. The maximum atomic E-state index is 13.6. The quantitative estimate of drug-likeness (QED) is 0.509. The van der Waals surface area contributed by atoms with Gasteiger partial charge in [-0.3, -0.25) is 4.79 Å². The lowest BCUT2D eigenvalue weighted by Gasteiger charge is -2.37. The first-order chi connectivity index (χ1) is 17.9. The van der Waals surface area contributed by atoms with Gasteiger partial charge in [0.05, 0.1) is 36.9 Å². The van der Waals surface area contributed by atoms with Crippen LogP contribution < -0.4 is 0 Å². The Morgan fingerprint density at radius 3 is 2.57 bits per heavy atom. The number of aryl methyl sites for hydroxylation is 2. The largest absolute Gasteiger partial charge is 0.457 e. The van der Waals surface area contributed by atoms with Crippen LogP contribution in [-0.4, -0.2) is 53.1 Å². The van der Waals surface area contributed by atoms with Gasteiger partial charge in [0.25, 0.3) is 0 Å². The summed E-state index contributed by atoms with van der Waals surface area (Å²) >= 11 is 1.49. The van der Waals surface area contributed by atoms with Gasteiger partial charge in [-0.1, -0.05) is 65.9 Å². The fourth-order valence-corrected chi connectivity index (χ4v) is 5.90. The monoisotopic (exact) mass is 517 g/mol. The molecule has 0 radical (unpaired) electrons. The van der Waals surface area contributed by atoms with Crippen LogP contribution in [0.5, 0.6) is 0 Å². The lowest BCUT2D eigenvalue weighted by atomic mass is 9.90. The molecule has 0 aromatic heterocycles. The van der Waals surface area contributed by atoms with E-state index in [1.165, 1.54) is 11.8 Å². The predicted octanol–water partition coefficient (Wildman–Crippen LogP) is 4.87. The average Bonchev–Trinajstić information content (AvgIpc) is 3.29. The number of amides is 1. The van der Waals surface area contributed by atoms with E-state index in [0.717, 1.165) is 33.1 Å². The molecule has 0 spiro atoms. The van der Waals surface area contributed by atoms with Crippen LogP contribution in [0.25, 0.3) is 0 Å². The van der Waals surface area contributed by atoms with Crippen molar-refractivity contribution in [3.63, 3.8) is 0 Å². The Kier molecular flexibility index (Phi) is 7.48. The second-order valence-electron chi connectivity index (χ2n) is 9.48. The molecule has 0 N–H and O–H groups in total. The van der Waals surface area contributed by atoms with Crippen LogP contribution in [0.2, 0.25) is 0 Å². The lowest BCUT2D eigenvalue weighted by molar-refractivity contribution is -0.141. The van der Waals surface area contributed by atoms with Crippen molar-refractivity contribution in [2.45, 2.75) is 39.8 Å². The third-order valence-electron chi connectivity index (χ3n) is 6.85. The lowest BCUT2D eigenvalue weighted by Crippen LogP contribution is -2.42. The molecule has 5 rings (SSSR count). The molecule has 7 nitrogen and oxygen atoms in total. The third-order valence-corrected chi connectivity index (χ3v) is 7.74. The topological polar surface area (TPSA) is 71.4 Å². The Morgan fingerprint density at radius 2 is 1.84 bits per heavy atom. The maximum absolute atomic E-state index is 13.6. The second kappa shape index (κ2) is 10.9. The van der Waals surface area contributed by atoms with Crippen molar-refractivity contribution in [2.75, 3.05) is 26.3 Å². The molecule has 2 aromatic rings. The Labute approximate surface area is 221 Å². The summed E-state index contributed by atoms with van der Waals surface area (Å²) < 4.78 is 11.2. The van der Waals surface area contributed by atoms with E-state index in [9.17, 15) is 9.59 Å². The highest BCUT2D eigenvalue weighted by molar-refractivity contribution is 8.16. The summed E-state index contributed by atoms with van der Waals surface area (Å²) in [6, 6.07) is 15.5. The number of thioether (sulfide) groups is 1. The molecule has 2 aromatic carbocycles. The number of nitrogens with zero attached hydrogens (tertiary/aromatic N) is 3. The van der Waals surface area contributed by atoms with Gasteiger partial charge in [0, 0.05) is 18.8 Å². The number of allylic oxidation sites excluding steroid dienone is 1. The fourth-order valence-electron chi connectivity index (χ4n) is 4.94. The smallest absolute Gasteiger partial charge is 0.338 e. The number of rotatable bonds is 6. The summed E-state index contributed by atoms with van der Waals surface area (Å²) in [6.45, 7) is 8.45. The van der Waals surface area contributed by atoms with Crippen molar-refractivity contribution in [1.82, 2.24) is 9.80 Å². The number of esters is 1. The Bertz CT molecular complexity index is 1300. The van der Waals surface area contributed by atoms with Crippen molar-refractivity contribution >= 4 is 28.8 Å². The molecule has 1 amide bonds. The van der Waals surface area contributed by atoms with Crippen molar-refractivity contribution in [2.24, 2.45) is 4.99 Å². The van der Waals surface area contributed by atoms with Gasteiger partial charge >= 0.3 is 5.97 Å². The first-order valence-corrected chi connectivity index (χ1v) is 13.4. The number of aliphatic imine (C=N–C) groups is 1. The van der Waals surface area contributed by atoms with Crippen LogP contribution in [-0.2, 0) is 25.7 Å². The highest BCUT2D eigenvalue weighted by Gasteiger charge is 2.42. The molecule has 0 bridgehead atoms. The molecular formula is C29H31N3O4S. The summed E-state index contributed by atoms with van der Waals surface area (Å²) in [6.07, 6.45) is 0.235. The molecule has 192 valence electrons. The van der Waals surface area contributed by atoms with E-state index < -0.39 is 12.0 Å². The van der Waals surface area contributed by atoms with Gasteiger partial charge in [-0.2, -0.15) is 0 Å². The molecule has 1 fully saturated rings. The molecule has 8 heteroatoms. The summed E-state index contributed by atoms with van der Waals surface area (Å²) in [5.74, 6) is -0.347. The fraction of sp³-hybridized carbons (Fsp3) is 0.345. The first kappa shape index (κ1) is 25.3. The van der Waals surface area contributed by atoms with Crippen molar-refractivity contribution in [3.8, 4) is 0 Å². The van der Waals surface area contributed by atoms with Gasteiger partial charge in [-0.15, -0.1) is 0 Å². The van der Waals surface area contributed by atoms with Gasteiger partial charge < -0.3 is 19.3 Å². The maximum Gasteiger partial charge on any atom is 0.338 e. The standard InChI is InChI=1S/C29H31N3O4S/c1-19-9-10-24(20(2)15-19)27-26(28(34)36-17-22-7-5-4-6-8-22)21(3)30-29-32(27)23(18-37-29)16-25(33)31-11-13-35-14-12-31/h4-10,15,18,27H,11-14,16-17H2,1-3H3/t27-/m1/s1. The minimum Gasteiger partial charge on any atom is -0.457 e. The Morgan fingerprint density at radius 1 is 1.08 bits per heavy atom. The van der Waals surface area contributed by atoms with Crippen LogP contribution in [0.4, 0.5) is 0 Å². The zero-order valence-corrected chi connectivity index (χ0v) is 22.2. The van der Waals surface area contributed by atoms with E-state index in [2.05, 4.69) is 32.0 Å². The van der Waals surface area contributed by atoms with Gasteiger partial charge in [-0.25, -0.2) is 9.79 Å². The van der Waals surface area contributed by atoms with E-state index in [1.54, 1.807) is 0 Å². The highest BCUT2D eigenvalue weighted by atomic mass is 32.2. The molecule has 37 heavy (non-hydrogen) atoms. The molecule has 3 heterocycles. The van der Waals surface area contributed by atoms with Gasteiger partial charge in [0.1, 0.15) is 6.61 Å². The van der Waals surface area contributed by atoms with Crippen LogP contribution in [0.3, 0.4) is 0 Å². The van der Waals surface area contributed by atoms with Crippen LogP contribution in [0.1, 0.15) is 41.6 Å². The van der Waals surface area contributed by atoms with Crippen molar-refractivity contribution in [3.05, 3.63) is 93.2 Å². The molecule has 3 aliphatic rings. The van der Waals surface area contributed by atoms with Crippen LogP contribution in [0, 0.1) is 13.8 Å². The summed E-state index contributed by atoms with van der Waals surface area (Å²) in [5, 5.41) is 2.76. The molecule has 1 atom stereocenters. The zero-order valence-electron chi connectivity index (χ0n) is 21.4. The van der Waals surface area contributed by atoms with E-state index in [-0.39, 0.29) is 18.9 Å². The SMILES string of the molecule is CC1=C(C(=O)OCc2ccccc2)[C@@H](c2ccc(C)cc2C)N2C(CC(=O)N3CCOCC3)=CSC2=N1. The third kappa shape index (κ3) is 5.36. The molecular weight excluding hydrogens is 486 g/mol. The molecule has 1 saturated heterocycles. The zero-order chi connectivity index (χ0) is 25.9. The number of ether oxygens (including phenoxy) is 2. The molecule has 0 aliphatic carbocycles. The number of morpholine rings is 1. The molecule has 0 saturated carbocycles.